The summed E-state index contributed by atoms with van der Waals surface area (Å²) < 4.78 is 17.9. The van der Waals surface area contributed by atoms with Crippen molar-refractivity contribution in [2.24, 2.45) is 5.92 Å². The van der Waals surface area contributed by atoms with Crippen LogP contribution in [0.4, 0.5) is 4.39 Å². The second kappa shape index (κ2) is 9.31. The Labute approximate surface area is 159 Å². The maximum absolute atomic E-state index is 13.2. The number of carbonyl (C=O) groups is 2. The topological polar surface area (TPSA) is 46.6 Å². The van der Waals surface area contributed by atoms with Crippen LogP contribution in [-0.2, 0) is 11.2 Å². The summed E-state index contributed by atoms with van der Waals surface area (Å²) in [6.07, 6.45) is 0.633. The molecule has 0 bridgehead atoms. The fraction of sp³-hybridized carbons (Fsp3) is 0.364. The molecule has 2 aromatic carbocycles. The fourth-order valence-electron chi connectivity index (χ4n) is 3.16. The third-order valence-corrected chi connectivity index (χ3v) is 4.66. The van der Waals surface area contributed by atoms with Crippen molar-refractivity contribution in [2.75, 3.05) is 13.7 Å². The van der Waals surface area contributed by atoms with Crippen molar-refractivity contribution in [1.29, 1.82) is 0 Å². The van der Waals surface area contributed by atoms with E-state index in [1.807, 2.05) is 11.8 Å². The van der Waals surface area contributed by atoms with Gasteiger partial charge in [0.1, 0.15) is 5.82 Å². The van der Waals surface area contributed by atoms with E-state index in [9.17, 15) is 14.0 Å². The SMILES string of the molecule is CCN(C(=O)c1cccc(C(=O)OC)c1)[C@H](Cc1ccc(F)cc1)C(C)C. The number of nitrogens with zero attached hydrogens (tertiary/aromatic N) is 1. The van der Waals surface area contributed by atoms with E-state index in [4.69, 9.17) is 4.74 Å². The summed E-state index contributed by atoms with van der Waals surface area (Å²) in [7, 11) is 1.31. The summed E-state index contributed by atoms with van der Waals surface area (Å²) in [5.74, 6) is -0.672. The van der Waals surface area contributed by atoms with E-state index < -0.39 is 5.97 Å². The van der Waals surface area contributed by atoms with Crippen LogP contribution >= 0.6 is 0 Å². The molecule has 2 aromatic rings. The third-order valence-electron chi connectivity index (χ3n) is 4.66. The van der Waals surface area contributed by atoms with Crippen LogP contribution in [0, 0.1) is 11.7 Å². The Bertz CT molecular complexity index is 786. The van der Waals surface area contributed by atoms with E-state index in [1.165, 1.54) is 19.2 Å². The minimum atomic E-state index is -0.473. The van der Waals surface area contributed by atoms with Crippen LogP contribution < -0.4 is 0 Å². The maximum Gasteiger partial charge on any atom is 0.337 e. The highest BCUT2D eigenvalue weighted by molar-refractivity contribution is 5.98. The lowest BCUT2D eigenvalue weighted by Gasteiger charge is -2.34. The highest BCUT2D eigenvalue weighted by atomic mass is 19.1. The van der Waals surface area contributed by atoms with Gasteiger partial charge < -0.3 is 9.64 Å². The van der Waals surface area contributed by atoms with Crippen molar-refractivity contribution in [3.8, 4) is 0 Å². The number of esters is 1. The van der Waals surface area contributed by atoms with Gasteiger partial charge in [-0.15, -0.1) is 0 Å². The number of rotatable bonds is 7. The molecule has 0 aliphatic carbocycles. The molecule has 0 aromatic heterocycles. The first-order chi connectivity index (χ1) is 12.9. The monoisotopic (exact) mass is 371 g/mol. The molecule has 0 aliphatic heterocycles. The molecule has 0 saturated carbocycles. The van der Waals surface area contributed by atoms with E-state index >= 15 is 0 Å². The largest absolute Gasteiger partial charge is 0.465 e. The smallest absolute Gasteiger partial charge is 0.337 e. The second-order valence-corrected chi connectivity index (χ2v) is 6.81. The van der Waals surface area contributed by atoms with Gasteiger partial charge in [-0.1, -0.05) is 32.0 Å². The lowest BCUT2D eigenvalue weighted by Crippen LogP contribution is -2.44. The van der Waals surface area contributed by atoms with Crippen LogP contribution in [0.5, 0.6) is 0 Å². The fourth-order valence-corrected chi connectivity index (χ4v) is 3.16. The van der Waals surface area contributed by atoms with Gasteiger partial charge in [-0.2, -0.15) is 0 Å². The van der Waals surface area contributed by atoms with Crippen LogP contribution in [0.25, 0.3) is 0 Å². The number of amides is 1. The zero-order chi connectivity index (χ0) is 20.0. The molecule has 144 valence electrons. The van der Waals surface area contributed by atoms with Gasteiger partial charge >= 0.3 is 5.97 Å². The van der Waals surface area contributed by atoms with Crippen LogP contribution in [-0.4, -0.2) is 36.5 Å². The molecular weight excluding hydrogens is 345 g/mol. The quantitative estimate of drug-likeness (QED) is 0.680. The van der Waals surface area contributed by atoms with Crippen LogP contribution in [0.1, 0.15) is 47.1 Å². The standard InChI is InChI=1S/C22H26FNO3/c1-5-24(20(15(2)3)13-16-9-11-19(23)12-10-16)21(25)17-7-6-8-18(14-17)22(26)27-4/h6-12,14-15,20H,5,13H2,1-4H3/t20-/m1/s1. The zero-order valence-corrected chi connectivity index (χ0v) is 16.2. The number of benzene rings is 2. The van der Waals surface area contributed by atoms with E-state index in [1.54, 1.807) is 36.4 Å². The first-order valence-electron chi connectivity index (χ1n) is 9.11. The number of halogens is 1. The number of likely N-dealkylation sites (N-methyl/N-ethyl adjacent to an activating group) is 1. The third kappa shape index (κ3) is 5.16. The molecule has 0 aliphatic rings. The van der Waals surface area contributed by atoms with Crippen molar-refractivity contribution in [3.05, 3.63) is 71.0 Å². The molecule has 0 N–H and O–H groups in total. The Hall–Kier alpha value is -2.69. The zero-order valence-electron chi connectivity index (χ0n) is 16.2. The summed E-state index contributed by atoms with van der Waals surface area (Å²) in [5.41, 5.74) is 1.77. The number of ether oxygens (including phenoxy) is 1. The van der Waals surface area contributed by atoms with Gasteiger partial charge in [-0.25, -0.2) is 9.18 Å². The van der Waals surface area contributed by atoms with Crippen molar-refractivity contribution >= 4 is 11.9 Å². The second-order valence-electron chi connectivity index (χ2n) is 6.81. The first-order valence-corrected chi connectivity index (χ1v) is 9.11. The van der Waals surface area contributed by atoms with E-state index in [2.05, 4.69) is 13.8 Å². The van der Waals surface area contributed by atoms with Crippen molar-refractivity contribution in [3.63, 3.8) is 0 Å². The molecule has 27 heavy (non-hydrogen) atoms. The normalized spacial score (nSPS) is 11.9. The van der Waals surface area contributed by atoms with Crippen LogP contribution in [0.15, 0.2) is 48.5 Å². The van der Waals surface area contributed by atoms with Crippen LogP contribution in [0.3, 0.4) is 0 Å². The van der Waals surface area contributed by atoms with Crippen molar-refractivity contribution in [2.45, 2.75) is 33.2 Å². The van der Waals surface area contributed by atoms with Crippen LogP contribution in [0.2, 0.25) is 0 Å². The highest BCUT2D eigenvalue weighted by Gasteiger charge is 2.26. The number of hydrogen-bond donors (Lipinski definition) is 0. The Morgan fingerprint density at radius 3 is 2.26 bits per heavy atom. The highest BCUT2D eigenvalue weighted by Crippen LogP contribution is 2.20. The van der Waals surface area contributed by atoms with Gasteiger partial charge in [0, 0.05) is 18.2 Å². The maximum atomic E-state index is 13.2. The number of hydrogen-bond acceptors (Lipinski definition) is 3. The summed E-state index contributed by atoms with van der Waals surface area (Å²) in [6, 6.07) is 12.9. The van der Waals surface area contributed by atoms with E-state index in [0.29, 0.717) is 24.1 Å². The Kier molecular flexibility index (Phi) is 7.11. The molecule has 5 heteroatoms. The average molecular weight is 371 g/mol. The lowest BCUT2D eigenvalue weighted by atomic mass is 9.94. The molecule has 0 radical (unpaired) electrons. The summed E-state index contributed by atoms with van der Waals surface area (Å²) in [5, 5.41) is 0. The van der Waals surface area contributed by atoms with Gasteiger partial charge in [0.25, 0.3) is 5.91 Å². The predicted octanol–water partition coefficient (Wildman–Crippen LogP) is 4.34. The lowest BCUT2D eigenvalue weighted by molar-refractivity contribution is 0.0600. The molecule has 1 atom stereocenters. The molecular formula is C22H26FNO3. The molecule has 4 nitrogen and oxygen atoms in total. The average Bonchev–Trinajstić information content (AvgIpc) is 2.68. The summed E-state index contributed by atoms with van der Waals surface area (Å²) >= 11 is 0. The molecule has 0 fully saturated rings. The molecule has 0 spiro atoms. The Morgan fingerprint density at radius 2 is 1.70 bits per heavy atom. The number of carbonyl (C=O) groups excluding carboxylic acids is 2. The van der Waals surface area contributed by atoms with Gasteiger partial charge in [0.15, 0.2) is 0 Å². The molecule has 2 rings (SSSR count). The first kappa shape index (κ1) is 20.6. The van der Waals surface area contributed by atoms with Gasteiger partial charge in [-0.3, -0.25) is 4.79 Å². The predicted molar refractivity (Wildman–Crippen MR) is 103 cm³/mol. The molecule has 0 saturated heterocycles. The summed E-state index contributed by atoms with van der Waals surface area (Å²) in [6.45, 7) is 6.59. The summed E-state index contributed by atoms with van der Waals surface area (Å²) in [4.78, 5) is 26.7. The van der Waals surface area contributed by atoms with Gasteiger partial charge in [0.2, 0.25) is 0 Å². The van der Waals surface area contributed by atoms with Crippen molar-refractivity contribution < 1.29 is 18.7 Å². The number of methoxy groups -OCH3 is 1. The Morgan fingerprint density at radius 1 is 1.07 bits per heavy atom. The van der Waals surface area contributed by atoms with Gasteiger partial charge in [0.05, 0.1) is 12.7 Å². The van der Waals surface area contributed by atoms with Crippen molar-refractivity contribution in [1.82, 2.24) is 4.90 Å². The Balaban J connectivity index is 2.29. The molecule has 0 heterocycles. The minimum Gasteiger partial charge on any atom is -0.465 e. The minimum absolute atomic E-state index is 0.0465. The van der Waals surface area contributed by atoms with Gasteiger partial charge in [-0.05, 0) is 55.2 Å². The molecule has 0 unspecified atom stereocenters. The van der Waals surface area contributed by atoms with E-state index in [-0.39, 0.29) is 23.7 Å². The molecule has 1 amide bonds. The van der Waals surface area contributed by atoms with E-state index in [0.717, 1.165) is 5.56 Å².